The average molecular weight is 595 g/mol. The first-order valence-corrected chi connectivity index (χ1v) is 16.8. The van der Waals surface area contributed by atoms with Crippen molar-refractivity contribution in [2.24, 2.45) is 11.3 Å². The van der Waals surface area contributed by atoms with E-state index >= 15 is 0 Å². The van der Waals surface area contributed by atoms with Crippen LogP contribution in [0.5, 0.6) is 0 Å². The van der Waals surface area contributed by atoms with Gasteiger partial charge in [0.2, 0.25) is 26.0 Å². The van der Waals surface area contributed by atoms with Crippen molar-refractivity contribution in [1.82, 2.24) is 23.7 Å². The molecule has 1 aromatic carbocycles. The lowest BCUT2D eigenvalue weighted by atomic mass is 9.96. The van der Waals surface area contributed by atoms with Crippen LogP contribution in [0.4, 0.5) is 6.01 Å². The maximum Gasteiger partial charge on any atom is 0.324 e. The maximum atomic E-state index is 13.7. The Hall–Kier alpha value is -2.55. The molecule has 14 heteroatoms. The summed E-state index contributed by atoms with van der Waals surface area (Å²) in [5, 5.41) is 4.02. The van der Waals surface area contributed by atoms with Gasteiger partial charge in [0.05, 0.1) is 15.2 Å². The van der Waals surface area contributed by atoms with Gasteiger partial charge in [0.1, 0.15) is 0 Å². The molecule has 0 bridgehead atoms. The first kappa shape index (κ1) is 29.0. The zero-order chi connectivity index (χ0) is 28.9. The quantitative estimate of drug-likeness (QED) is 0.427. The summed E-state index contributed by atoms with van der Waals surface area (Å²) in [6.07, 6.45) is 1.31. The molecular weight excluding hydrogens is 556 g/mol. The molecule has 3 fully saturated rings. The van der Waals surface area contributed by atoms with Crippen LogP contribution in [0.25, 0.3) is 0 Å². The van der Waals surface area contributed by atoms with Crippen LogP contribution in [0.15, 0.2) is 38.6 Å². The van der Waals surface area contributed by atoms with Crippen LogP contribution in [0.1, 0.15) is 52.3 Å². The average Bonchev–Trinajstić information content (AvgIpc) is 3.49. The highest BCUT2D eigenvalue weighted by atomic mass is 32.2. The van der Waals surface area contributed by atoms with Gasteiger partial charge in [-0.2, -0.15) is 13.6 Å². The van der Waals surface area contributed by atoms with Crippen molar-refractivity contribution in [3.63, 3.8) is 0 Å². The predicted octanol–water partition coefficient (Wildman–Crippen LogP) is 1.97. The minimum atomic E-state index is -3.90. The van der Waals surface area contributed by atoms with Gasteiger partial charge in [-0.15, -0.1) is 0 Å². The number of hydrogen-bond donors (Lipinski definition) is 0. The van der Waals surface area contributed by atoms with Gasteiger partial charge >= 0.3 is 6.01 Å². The molecule has 2 aliphatic heterocycles. The lowest BCUT2D eigenvalue weighted by molar-refractivity contribution is -0.139. The summed E-state index contributed by atoms with van der Waals surface area (Å²) in [6, 6.07) is 5.85. The number of piperazine rings is 1. The van der Waals surface area contributed by atoms with E-state index in [2.05, 4.69) is 10.1 Å². The van der Waals surface area contributed by atoms with Gasteiger partial charge in [0.15, 0.2) is 5.82 Å². The van der Waals surface area contributed by atoms with Gasteiger partial charge in [0.25, 0.3) is 0 Å². The van der Waals surface area contributed by atoms with Gasteiger partial charge in [-0.05, 0) is 43.0 Å². The number of benzene rings is 1. The van der Waals surface area contributed by atoms with Gasteiger partial charge in [-0.1, -0.05) is 32.9 Å². The van der Waals surface area contributed by atoms with Gasteiger partial charge in [0, 0.05) is 58.3 Å². The molecule has 1 aliphatic carbocycles. The van der Waals surface area contributed by atoms with Crippen LogP contribution in [0.2, 0.25) is 0 Å². The summed E-state index contributed by atoms with van der Waals surface area (Å²) in [5.74, 6) is 0.994. The molecule has 2 saturated heterocycles. The highest BCUT2D eigenvalue weighted by Crippen LogP contribution is 2.59. The van der Waals surface area contributed by atoms with Crippen molar-refractivity contribution in [3.05, 3.63) is 30.1 Å². The maximum absolute atomic E-state index is 13.7. The minimum Gasteiger partial charge on any atom is -0.339 e. The van der Waals surface area contributed by atoms with Crippen LogP contribution in [0, 0.1) is 11.3 Å². The number of carbonyl (C=O) groups is 1. The Morgan fingerprint density at radius 2 is 1.65 bits per heavy atom. The van der Waals surface area contributed by atoms with Crippen molar-refractivity contribution in [3.8, 4) is 0 Å². The third-order valence-electron chi connectivity index (χ3n) is 8.43. The van der Waals surface area contributed by atoms with E-state index in [0.717, 1.165) is 0 Å². The van der Waals surface area contributed by atoms with Crippen molar-refractivity contribution in [2.75, 3.05) is 57.3 Å². The first-order valence-electron chi connectivity index (χ1n) is 13.9. The van der Waals surface area contributed by atoms with E-state index < -0.39 is 25.5 Å². The zero-order valence-electron chi connectivity index (χ0n) is 23.5. The smallest absolute Gasteiger partial charge is 0.324 e. The molecule has 3 aliphatic rings. The SMILES string of the molecule is CCN(CC)S(=O)(=O)c1ccc(S(=O)(=O)N2CCC3CC3(C(=O)N3CCN(c4nc(C(C)C)no4)CC3)C2)cc1. The number of nitrogens with zero attached hydrogens (tertiary/aromatic N) is 6. The van der Waals surface area contributed by atoms with Crippen LogP contribution in [0.3, 0.4) is 0 Å². The molecule has 1 aromatic heterocycles. The van der Waals surface area contributed by atoms with E-state index in [-0.39, 0.29) is 34.1 Å². The molecule has 0 radical (unpaired) electrons. The normalized spacial score (nSPS) is 24.0. The van der Waals surface area contributed by atoms with Crippen LogP contribution in [-0.4, -0.2) is 98.8 Å². The molecule has 2 aromatic rings. The molecule has 2 unspecified atom stereocenters. The highest BCUT2D eigenvalue weighted by Gasteiger charge is 2.64. The number of rotatable bonds is 9. The lowest BCUT2D eigenvalue weighted by Crippen LogP contribution is -2.54. The molecule has 12 nitrogen and oxygen atoms in total. The second-order valence-corrected chi connectivity index (χ2v) is 15.0. The number of carbonyl (C=O) groups excluding carboxylic acids is 1. The number of anilines is 1. The van der Waals surface area contributed by atoms with E-state index in [9.17, 15) is 21.6 Å². The Labute approximate surface area is 236 Å². The number of amides is 1. The van der Waals surface area contributed by atoms with Crippen LogP contribution >= 0.6 is 0 Å². The molecule has 3 heterocycles. The molecule has 1 saturated carbocycles. The Kier molecular flexibility index (Phi) is 7.74. The fourth-order valence-electron chi connectivity index (χ4n) is 5.83. The Balaban J connectivity index is 1.25. The van der Waals surface area contributed by atoms with Crippen LogP contribution in [-0.2, 0) is 24.8 Å². The summed E-state index contributed by atoms with van der Waals surface area (Å²) in [5.41, 5.74) is -0.700. The predicted molar refractivity (Wildman–Crippen MR) is 148 cm³/mol. The number of sulfonamides is 2. The topological polar surface area (TPSA) is 137 Å². The molecule has 5 rings (SSSR count). The Morgan fingerprint density at radius 3 is 2.23 bits per heavy atom. The summed E-state index contributed by atoms with van der Waals surface area (Å²) in [6.45, 7) is 10.8. The second-order valence-electron chi connectivity index (χ2n) is 11.1. The van der Waals surface area contributed by atoms with Gasteiger partial charge < -0.3 is 14.3 Å². The Bertz CT molecular complexity index is 1450. The van der Waals surface area contributed by atoms with E-state index in [4.69, 9.17) is 4.52 Å². The van der Waals surface area contributed by atoms with Gasteiger partial charge in [-0.3, -0.25) is 4.79 Å². The molecule has 2 atom stereocenters. The van der Waals surface area contributed by atoms with Crippen molar-refractivity contribution < 1.29 is 26.2 Å². The van der Waals surface area contributed by atoms with Gasteiger partial charge in [-0.25, -0.2) is 16.8 Å². The number of aromatic nitrogens is 2. The molecule has 0 spiro atoms. The van der Waals surface area contributed by atoms with E-state index in [0.29, 0.717) is 70.5 Å². The standard InChI is InChI=1S/C26H38N6O6S2/c1-5-31(6-2)39(34,35)21-7-9-22(10-8-21)40(36,37)32-12-11-20-17-26(20,18-32)24(33)29-13-15-30(16-14-29)25-27-23(19(3)4)28-38-25/h7-10,19-20H,5-6,11-18H2,1-4H3. The number of hydrogen-bond acceptors (Lipinski definition) is 9. The van der Waals surface area contributed by atoms with Crippen LogP contribution < -0.4 is 4.90 Å². The second kappa shape index (κ2) is 10.7. The molecule has 0 N–H and O–H groups in total. The fourth-order valence-corrected chi connectivity index (χ4v) is 8.81. The zero-order valence-corrected chi connectivity index (χ0v) is 25.1. The lowest BCUT2D eigenvalue weighted by Gasteiger charge is -2.38. The minimum absolute atomic E-state index is 0.00566. The van der Waals surface area contributed by atoms with E-state index in [1.807, 2.05) is 23.6 Å². The third-order valence-corrected chi connectivity index (χ3v) is 12.4. The monoisotopic (exact) mass is 594 g/mol. The fraction of sp³-hybridized carbons (Fsp3) is 0.654. The number of piperidine rings is 1. The largest absolute Gasteiger partial charge is 0.339 e. The molecule has 220 valence electrons. The Morgan fingerprint density at radius 1 is 1.02 bits per heavy atom. The third kappa shape index (κ3) is 5.03. The van der Waals surface area contributed by atoms with E-state index in [1.165, 1.54) is 32.9 Å². The summed E-state index contributed by atoms with van der Waals surface area (Å²) < 4.78 is 60.9. The molecular formula is C26H38N6O6S2. The summed E-state index contributed by atoms with van der Waals surface area (Å²) >= 11 is 0. The van der Waals surface area contributed by atoms with Crippen molar-refractivity contribution >= 4 is 32.0 Å². The summed E-state index contributed by atoms with van der Waals surface area (Å²) in [4.78, 5) is 22.1. The highest BCUT2D eigenvalue weighted by molar-refractivity contribution is 7.89. The first-order chi connectivity index (χ1) is 18.9. The number of fused-ring (bicyclic) bond motifs is 1. The van der Waals surface area contributed by atoms with Crippen molar-refractivity contribution in [1.29, 1.82) is 0 Å². The molecule has 40 heavy (non-hydrogen) atoms. The van der Waals surface area contributed by atoms with Crippen molar-refractivity contribution in [2.45, 2.75) is 56.2 Å². The summed E-state index contributed by atoms with van der Waals surface area (Å²) in [7, 11) is -7.59. The molecule has 1 amide bonds. The van der Waals surface area contributed by atoms with E-state index in [1.54, 1.807) is 13.8 Å².